The summed E-state index contributed by atoms with van der Waals surface area (Å²) in [6.07, 6.45) is -0.343. The number of benzene rings is 2. The van der Waals surface area contributed by atoms with Crippen molar-refractivity contribution >= 4 is 49.9 Å². The summed E-state index contributed by atoms with van der Waals surface area (Å²) in [4.78, 5) is 23.4. The number of aliphatic hydroxyl groups is 1. The number of hydrogen-bond donors (Lipinski definition) is 3. The van der Waals surface area contributed by atoms with Gasteiger partial charge in [0.15, 0.2) is 0 Å². The SMILES string of the molecule is C=CC(=O)Nc1ccc(CCn2c(C#N)cc3c(C)c(CN4CCC(Nc5ncnc6sc(CC(F)(F)F)cc56)CC4)ccc32)c(CO)c1. The second-order valence-electron chi connectivity index (χ2n) is 12.3. The molecule has 9 nitrogen and oxygen atoms in total. The number of thiophene rings is 1. The molecular weight excluding hydrogens is 652 g/mol. The molecule has 49 heavy (non-hydrogen) atoms. The number of aromatic nitrogens is 3. The highest BCUT2D eigenvalue weighted by molar-refractivity contribution is 7.18. The van der Waals surface area contributed by atoms with Gasteiger partial charge in [-0.1, -0.05) is 18.7 Å². The first kappa shape index (κ1) is 34.1. The molecule has 1 fully saturated rings. The van der Waals surface area contributed by atoms with Crippen LogP contribution in [0.1, 0.15) is 45.7 Å². The number of amides is 1. The highest BCUT2D eigenvalue weighted by atomic mass is 32.1. The molecule has 1 aliphatic rings. The third kappa shape index (κ3) is 7.77. The number of hydrogen-bond acceptors (Lipinski definition) is 8. The van der Waals surface area contributed by atoms with E-state index in [-0.39, 0.29) is 23.4 Å². The zero-order chi connectivity index (χ0) is 34.7. The van der Waals surface area contributed by atoms with Gasteiger partial charge in [0, 0.05) is 53.7 Å². The maximum atomic E-state index is 13.0. The first-order valence-corrected chi connectivity index (χ1v) is 16.8. The van der Waals surface area contributed by atoms with E-state index in [9.17, 15) is 28.3 Å². The molecule has 1 aliphatic heterocycles. The number of halogens is 3. The second kappa shape index (κ2) is 14.4. The van der Waals surface area contributed by atoms with E-state index in [0.717, 1.165) is 65.8 Å². The second-order valence-corrected chi connectivity index (χ2v) is 13.4. The number of alkyl halides is 3. The summed E-state index contributed by atoms with van der Waals surface area (Å²) in [5.74, 6) is 0.254. The van der Waals surface area contributed by atoms with Gasteiger partial charge >= 0.3 is 6.18 Å². The Bertz CT molecular complexity index is 2060. The molecule has 0 saturated carbocycles. The Morgan fingerprint density at radius 1 is 1.12 bits per heavy atom. The molecule has 4 heterocycles. The number of nitrogens with one attached hydrogen (secondary N) is 2. The smallest absolute Gasteiger partial charge is 0.392 e. The van der Waals surface area contributed by atoms with Gasteiger partial charge in [-0.05, 0) is 84.8 Å². The maximum Gasteiger partial charge on any atom is 0.393 e. The van der Waals surface area contributed by atoms with Crippen LogP contribution in [0.5, 0.6) is 0 Å². The first-order chi connectivity index (χ1) is 23.5. The van der Waals surface area contributed by atoms with Gasteiger partial charge in [-0.2, -0.15) is 18.4 Å². The average molecular weight is 688 g/mol. The van der Waals surface area contributed by atoms with E-state index < -0.39 is 12.6 Å². The lowest BCUT2D eigenvalue weighted by atomic mass is 10.0. The molecule has 6 rings (SSSR count). The minimum Gasteiger partial charge on any atom is -0.392 e. The van der Waals surface area contributed by atoms with E-state index in [4.69, 9.17) is 0 Å². The summed E-state index contributed by atoms with van der Waals surface area (Å²) in [6.45, 7) is 8.38. The summed E-state index contributed by atoms with van der Waals surface area (Å²) < 4.78 is 40.9. The highest BCUT2D eigenvalue weighted by Gasteiger charge is 2.29. The van der Waals surface area contributed by atoms with E-state index in [0.29, 0.717) is 45.9 Å². The molecule has 0 bridgehead atoms. The van der Waals surface area contributed by atoms with Crippen molar-refractivity contribution in [2.45, 2.75) is 64.5 Å². The summed E-state index contributed by atoms with van der Waals surface area (Å²) in [7, 11) is 0. The van der Waals surface area contributed by atoms with Gasteiger partial charge in [0.2, 0.25) is 5.91 Å². The zero-order valence-corrected chi connectivity index (χ0v) is 27.8. The van der Waals surface area contributed by atoms with Gasteiger partial charge in [-0.25, -0.2) is 9.97 Å². The molecule has 3 aromatic heterocycles. The van der Waals surface area contributed by atoms with Crippen LogP contribution in [0, 0.1) is 18.3 Å². The van der Waals surface area contributed by atoms with Crippen molar-refractivity contribution in [2.75, 3.05) is 23.7 Å². The molecule has 0 unspecified atom stereocenters. The number of piperidine rings is 1. The van der Waals surface area contributed by atoms with Crippen LogP contribution in [0.4, 0.5) is 24.7 Å². The number of carbonyl (C=O) groups is 1. The van der Waals surface area contributed by atoms with Crippen molar-refractivity contribution in [2.24, 2.45) is 0 Å². The average Bonchev–Trinajstić information content (AvgIpc) is 3.66. The Labute approximate surface area is 285 Å². The van der Waals surface area contributed by atoms with E-state index in [1.54, 1.807) is 18.2 Å². The van der Waals surface area contributed by atoms with Crippen molar-refractivity contribution in [1.29, 1.82) is 5.26 Å². The molecule has 0 aliphatic carbocycles. The summed E-state index contributed by atoms with van der Waals surface area (Å²) in [5.41, 5.74) is 6.08. The van der Waals surface area contributed by atoms with Crippen LogP contribution in [0.2, 0.25) is 0 Å². The lowest BCUT2D eigenvalue weighted by Crippen LogP contribution is -2.39. The largest absolute Gasteiger partial charge is 0.393 e. The summed E-state index contributed by atoms with van der Waals surface area (Å²) >= 11 is 1.05. The molecule has 0 atom stereocenters. The Hall–Kier alpha value is -4.77. The van der Waals surface area contributed by atoms with Crippen LogP contribution < -0.4 is 10.6 Å². The van der Waals surface area contributed by atoms with Crippen molar-refractivity contribution in [3.63, 3.8) is 0 Å². The number of anilines is 2. The van der Waals surface area contributed by atoms with Crippen molar-refractivity contribution in [3.05, 3.63) is 94.3 Å². The van der Waals surface area contributed by atoms with Crippen LogP contribution in [-0.4, -0.2) is 55.8 Å². The van der Waals surface area contributed by atoms with Crippen LogP contribution in [0.25, 0.3) is 21.1 Å². The predicted octanol–water partition coefficient (Wildman–Crippen LogP) is 6.87. The van der Waals surface area contributed by atoms with Gasteiger partial charge in [-0.3, -0.25) is 9.69 Å². The molecule has 13 heteroatoms. The number of rotatable bonds is 11. The van der Waals surface area contributed by atoms with E-state index in [2.05, 4.69) is 57.2 Å². The standard InChI is InChI=1S/C36H36F3N7O2S/c1-3-33(48)43-27-6-4-23(25(14-27)20-47)8-13-46-28(18-40)15-30-22(2)24(5-7-32(30)46)19-45-11-9-26(10-12-45)44-34-31-16-29(17-36(37,38)39)49-35(31)42-21-41-34/h3-7,14-16,21,26,47H,1,8-13,17,19-20H2,2H3,(H,43,48)(H,41,42,44). The summed E-state index contributed by atoms with van der Waals surface area (Å²) in [6, 6.07) is 15.6. The summed E-state index contributed by atoms with van der Waals surface area (Å²) in [5, 5.41) is 27.8. The molecular formula is C36H36F3N7O2S. The first-order valence-electron chi connectivity index (χ1n) is 16.0. The Balaban J connectivity index is 1.10. The molecule has 254 valence electrons. The molecule has 0 spiro atoms. The van der Waals surface area contributed by atoms with Gasteiger partial charge in [0.05, 0.1) is 18.4 Å². The number of nitrogens with zero attached hydrogens (tertiary/aromatic N) is 5. The van der Waals surface area contributed by atoms with E-state index in [1.165, 1.54) is 18.0 Å². The Kier molecular flexibility index (Phi) is 10.0. The lowest BCUT2D eigenvalue weighted by Gasteiger charge is -2.33. The fraction of sp³-hybridized carbons (Fsp3) is 0.333. The van der Waals surface area contributed by atoms with Gasteiger partial charge < -0.3 is 20.3 Å². The monoisotopic (exact) mass is 687 g/mol. The van der Waals surface area contributed by atoms with Crippen molar-refractivity contribution in [1.82, 2.24) is 19.4 Å². The van der Waals surface area contributed by atoms with E-state index in [1.807, 2.05) is 16.7 Å². The topological polar surface area (TPSA) is 119 Å². The third-order valence-corrected chi connectivity index (χ3v) is 10.1. The Morgan fingerprint density at radius 2 is 1.90 bits per heavy atom. The fourth-order valence-corrected chi connectivity index (χ4v) is 7.55. The molecule has 2 aromatic carbocycles. The highest BCUT2D eigenvalue weighted by Crippen LogP contribution is 2.34. The van der Waals surface area contributed by atoms with Crippen LogP contribution >= 0.6 is 11.3 Å². The van der Waals surface area contributed by atoms with Crippen molar-refractivity contribution in [3.8, 4) is 6.07 Å². The number of likely N-dealkylation sites (tertiary alicyclic amines) is 1. The van der Waals surface area contributed by atoms with Crippen LogP contribution in [0.3, 0.4) is 0 Å². The number of aryl methyl sites for hydroxylation is 3. The van der Waals surface area contributed by atoms with E-state index >= 15 is 0 Å². The van der Waals surface area contributed by atoms with Crippen LogP contribution in [0.15, 0.2) is 61.4 Å². The molecule has 1 amide bonds. The number of fused-ring (bicyclic) bond motifs is 2. The maximum absolute atomic E-state index is 13.0. The van der Waals surface area contributed by atoms with Crippen LogP contribution in [-0.2, 0) is 37.3 Å². The number of carbonyl (C=O) groups excluding carboxylic acids is 1. The van der Waals surface area contributed by atoms with Crippen molar-refractivity contribution < 1.29 is 23.1 Å². The third-order valence-electron chi connectivity index (χ3n) is 9.09. The Morgan fingerprint density at radius 3 is 2.61 bits per heavy atom. The molecule has 5 aromatic rings. The lowest BCUT2D eigenvalue weighted by molar-refractivity contribution is -0.126. The molecule has 3 N–H and O–H groups in total. The minimum absolute atomic E-state index is 0.143. The zero-order valence-electron chi connectivity index (χ0n) is 27.0. The number of aliphatic hydroxyl groups excluding tert-OH is 1. The normalized spacial score (nSPS) is 14.3. The molecule has 0 radical (unpaired) electrons. The quantitative estimate of drug-likeness (QED) is 0.130. The number of nitriles is 1. The minimum atomic E-state index is -4.27. The van der Waals surface area contributed by atoms with Gasteiger partial charge in [0.1, 0.15) is 28.7 Å². The predicted molar refractivity (Wildman–Crippen MR) is 185 cm³/mol. The van der Waals surface area contributed by atoms with Gasteiger partial charge in [-0.15, -0.1) is 11.3 Å². The van der Waals surface area contributed by atoms with Gasteiger partial charge in [0.25, 0.3) is 0 Å². The fourth-order valence-electron chi connectivity index (χ4n) is 6.52. The molecule has 1 saturated heterocycles.